The molecule has 0 spiro atoms. The number of hydrogen-bond acceptors (Lipinski definition) is 5. The molecule has 1 atom stereocenters. The van der Waals surface area contributed by atoms with E-state index in [0.717, 1.165) is 23.6 Å². The molecule has 1 heterocycles. The van der Waals surface area contributed by atoms with Gasteiger partial charge in [0.2, 0.25) is 5.89 Å². The Morgan fingerprint density at radius 2 is 1.80 bits per heavy atom. The number of thioether (sulfide) groups is 1. The molecule has 4 saturated carbocycles. The van der Waals surface area contributed by atoms with Crippen LogP contribution in [-0.4, -0.2) is 15.4 Å². The Labute approximate surface area is 123 Å². The molecule has 106 valence electrons. The summed E-state index contributed by atoms with van der Waals surface area (Å²) in [7, 11) is 0. The monoisotopic (exact) mass is 289 g/mol. The SMILES string of the molecule is C[C@H](C#N)Sc1nnc(C23CC4CC(CC(C4)C2)C3)o1. The maximum absolute atomic E-state index is 8.87. The molecule has 0 unspecified atom stereocenters. The van der Waals surface area contributed by atoms with Crippen LogP contribution >= 0.6 is 11.8 Å². The first-order valence-electron chi connectivity index (χ1n) is 7.57. The largest absolute Gasteiger partial charge is 0.415 e. The molecule has 5 rings (SSSR count). The fourth-order valence-corrected chi connectivity index (χ4v) is 5.59. The van der Waals surface area contributed by atoms with Crippen molar-refractivity contribution in [3.63, 3.8) is 0 Å². The summed E-state index contributed by atoms with van der Waals surface area (Å²) in [6.07, 6.45) is 7.96. The molecular formula is C15H19N3OS. The molecule has 4 fully saturated rings. The normalized spacial score (nSPS) is 39.7. The van der Waals surface area contributed by atoms with Crippen molar-refractivity contribution in [2.45, 2.75) is 61.3 Å². The minimum absolute atomic E-state index is 0.139. The molecule has 5 heteroatoms. The van der Waals surface area contributed by atoms with Crippen LogP contribution in [0.1, 0.15) is 51.3 Å². The van der Waals surface area contributed by atoms with Crippen molar-refractivity contribution in [2.75, 3.05) is 0 Å². The van der Waals surface area contributed by atoms with Gasteiger partial charge in [-0.25, -0.2) is 0 Å². The van der Waals surface area contributed by atoms with E-state index in [2.05, 4.69) is 16.3 Å². The van der Waals surface area contributed by atoms with Gasteiger partial charge in [0, 0.05) is 5.41 Å². The lowest BCUT2D eigenvalue weighted by Crippen LogP contribution is -2.48. The standard InChI is InChI=1S/C15H19N3OS/c1-9(8-16)20-14-18-17-13(19-14)15-5-10-2-11(6-15)4-12(3-10)7-15/h9-12H,2-7H2,1H3/t9-,10?,11?,12?,15?/m1/s1. The Kier molecular flexibility index (Phi) is 2.85. The van der Waals surface area contributed by atoms with Crippen LogP contribution in [0.25, 0.3) is 0 Å². The third kappa shape index (κ3) is 1.96. The third-order valence-corrected chi connectivity index (χ3v) is 6.18. The zero-order chi connectivity index (χ0) is 13.7. The van der Waals surface area contributed by atoms with E-state index < -0.39 is 0 Å². The molecule has 1 aromatic rings. The highest BCUT2D eigenvalue weighted by molar-refractivity contribution is 7.99. The van der Waals surface area contributed by atoms with E-state index >= 15 is 0 Å². The average molecular weight is 289 g/mol. The summed E-state index contributed by atoms with van der Waals surface area (Å²) < 4.78 is 5.93. The van der Waals surface area contributed by atoms with Gasteiger partial charge < -0.3 is 4.42 Å². The van der Waals surface area contributed by atoms with Crippen LogP contribution < -0.4 is 0 Å². The highest BCUT2D eigenvalue weighted by atomic mass is 32.2. The van der Waals surface area contributed by atoms with E-state index in [0.29, 0.717) is 5.22 Å². The molecule has 0 saturated heterocycles. The van der Waals surface area contributed by atoms with Crippen molar-refractivity contribution >= 4 is 11.8 Å². The van der Waals surface area contributed by atoms with Gasteiger partial charge in [-0.05, 0) is 75.0 Å². The molecule has 0 aromatic carbocycles. The van der Waals surface area contributed by atoms with Crippen molar-refractivity contribution in [2.24, 2.45) is 17.8 Å². The van der Waals surface area contributed by atoms with E-state index in [4.69, 9.17) is 9.68 Å². The first-order valence-corrected chi connectivity index (χ1v) is 8.45. The van der Waals surface area contributed by atoms with Crippen LogP contribution in [0.15, 0.2) is 9.64 Å². The zero-order valence-electron chi connectivity index (χ0n) is 11.7. The molecule has 4 bridgehead atoms. The summed E-state index contributed by atoms with van der Waals surface area (Å²) in [4.78, 5) is 0. The average Bonchev–Trinajstić information content (AvgIpc) is 2.86. The second-order valence-corrected chi connectivity index (χ2v) is 8.25. The van der Waals surface area contributed by atoms with Gasteiger partial charge in [0.1, 0.15) is 0 Å². The lowest BCUT2D eigenvalue weighted by molar-refractivity contribution is -0.0191. The number of rotatable bonds is 3. The Hall–Kier alpha value is -1.02. The highest BCUT2D eigenvalue weighted by Crippen LogP contribution is 2.60. The van der Waals surface area contributed by atoms with Gasteiger partial charge in [-0.2, -0.15) is 5.26 Å². The Morgan fingerprint density at radius 3 is 2.35 bits per heavy atom. The van der Waals surface area contributed by atoms with Crippen molar-refractivity contribution in [1.29, 1.82) is 5.26 Å². The van der Waals surface area contributed by atoms with Crippen LogP contribution in [0.4, 0.5) is 0 Å². The summed E-state index contributed by atoms with van der Waals surface area (Å²) in [6.45, 7) is 1.86. The van der Waals surface area contributed by atoms with Crippen molar-refractivity contribution in [3.05, 3.63) is 5.89 Å². The van der Waals surface area contributed by atoms with Gasteiger partial charge in [0.05, 0.1) is 11.3 Å². The first-order chi connectivity index (χ1) is 9.67. The summed E-state index contributed by atoms with van der Waals surface area (Å²) in [5.41, 5.74) is 0.163. The van der Waals surface area contributed by atoms with Gasteiger partial charge in [0.25, 0.3) is 5.22 Å². The number of hydrogen-bond donors (Lipinski definition) is 0. The fourth-order valence-electron chi connectivity index (χ4n) is 5.02. The topological polar surface area (TPSA) is 62.7 Å². The van der Waals surface area contributed by atoms with E-state index in [1.807, 2.05) is 6.92 Å². The van der Waals surface area contributed by atoms with Crippen molar-refractivity contribution in [3.8, 4) is 6.07 Å². The van der Waals surface area contributed by atoms with Crippen LogP contribution in [0.2, 0.25) is 0 Å². The number of nitriles is 1. The van der Waals surface area contributed by atoms with Crippen molar-refractivity contribution in [1.82, 2.24) is 10.2 Å². The van der Waals surface area contributed by atoms with Gasteiger partial charge in [-0.3, -0.25) is 0 Å². The van der Waals surface area contributed by atoms with Crippen LogP contribution in [0.3, 0.4) is 0 Å². The minimum atomic E-state index is -0.139. The van der Waals surface area contributed by atoms with Gasteiger partial charge in [-0.15, -0.1) is 10.2 Å². The van der Waals surface area contributed by atoms with Gasteiger partial charge >= 0.3 is 0 Å². The maximum Gasteiger partial charge on any atom is 0.277 e. The molecule has 1 aromatic heterocycles. The molecule has 0 N–H and O–H groups in total. The Morgan fingerprint density at radius 1 is 1.20 bits per heavy atom. The van der Waals surface area contributed by atoms with Gasteiger partial charge in [0.15, 0.2) is 0 Å². The second kappa shape index (κ2) is 4.49. The maximum atomic E-state index is 8.87. The summed E-state index contributed by atoms with van der Waals surface area (Å²) >= 11 is 1.37. The van der Waals surface area contributed by atoms with Crippen LogP contribution in [0, 0.1) is 29.1 Å². The second-order valence-electron chi connectivity index (χ2n) is 6.96. The Bertz CT molecular complexity index is 526. The van der Waals surface area contributed by atoms with E-state index in [9.17, 15) is 0 Å². The third-order valence-electron chi connectivity index (χ3n) is 5.36. The molecule has 0 radical (unpaired) electrons. The fraction of sp³-hybridized carbons (Fsp3) is 0.800. The zero-order valence-corrected chi connectivity index (χ0v) is 12.5. The molecule has 4 aliphatic rings. The first kappa shape index (κ1) is 12.7. The number of nitrogens with zero attached hydrogens (tertiary/aromatic N) is 3. The molecule has 20 heavy (non-hydrogen) atoms. The van der Waals surface area contributed by atoms with E-state index in [-0.39, 0.29) is 10.7 Å². The quantitative estimate of drug-likeness (QED) is 0.796. The summed E-state index contributed by atoms with van der Waals surface area (Å²) in [6, 6.07) is 2.19. The Balaban J connectivity index is 1.60. The molecule has 0 aliphatic heterocycles. The summed E-state index contributed by atoms with van der Waals surface area (Å²) in [5.74, 6) is 3.48. The lowest BCUT2D eigenvalue weighted by atomic mass is 9.49. The predicted molar refractivity (Wildman–Crippen MR) is 75.1 cm³/mol. The molecule has 0 amide bonds. The van der Waals surface area contributed by atoms with Gasteiger partial charge in [-0.1, -0.05) is 0 Å². The molecule has 4 aliphatic carbocycles. The molecular weight excluding hydrogens is 270 g/mol. The predicted octanol–water partition coefficient (Wildman–Crippen LogP) is 3.54. The van der Waals surface area contributed by atoms with E-state index in [1.165, 1.54) is 50.3 Å². The lowest BCUT2D eigenvalue weighted by Gasteiger charge is -2.55. The molecule has 4 nitrogen and oxygen atoms in total. The van der Waals surface area contributed by atoms with E-state index in [1.54, 1.807) is 0 Å². The van der Waals surface area contributed by atoms with Crippen LogP contribution in [-0.2, 0) is 5.41 Å². The summed E-state index contributed by atoms with van der Waals surface area (Å²) in [5, 5.41) is 17.8. The smallest absolute Gasteiger partial charge is 0.277 e. The van der Waals surface area contributed by atoms with Crippen molar-refractivity contribution < 1.29 is 4.42 Å². The van der Waals surface area contributed by atoms with Crippen LogP contribution in [0.5, 0.6) is 0 Å². The highest BCUT2D eigenvalue weighted by Gasteiger charge is 2.54. The number of aromatic nitrogens is 2. The minimum Gasteiger partial charge on any atom is -0.415 e.